The lowest BCUT2D eigenvalue weighted by atomic mass is 10.1. The molecule has 178 valence electrons. The predicted octanol–water partition coefficient (Wildman–Crippen LogP) is 5.71. The molecule has 0 unspecified atom stereocenters. The van der Waals surface area contributed by atoms with Gasteiger partial charge in [-0.25, -0.2) is 0 Å². The number of hydrogen-bond donors (Lipinski definition) is 2. The van der Waals surface area contributed by atoms with E-state index in [1.807, 2.05) is 29.2 Å². The molecule has 6 nitrogen and oxygen atoms in total. The number of nitrogens with one attached hydrogen (secondary N) is 2. The number of likely N-dealkylation sites (tertiary alicyclic amines) is 1. The van der Waals surface area contributed by atoms with Gasteiger partial charge in [0.1, 0.15) is 5.75 Å². The third-order valence-electron chi connectivity index (χ3n) is 5.88. The van der Waals surface area contributed by atoms with E-state index < -0.39 is 0 Å². The number of ether oxygens (including phenoxy) is 1. The summed E-state index contributed by atoms with van der Waals surface area (Å²) >= 11 is 0. The van der Waals surface area contributed by atoms with Crippen LogP contribution in [0.15, 0.2) is 48.5 Å². The zero-order valence-corrected chi connectivity index (χ0v) is 19.8. The number of anilines is 2. The lowest BCUT2D eigenvalue weighted by Crippen LogP contribution is -2.31. The summed E-state index contributed by atoms with van der Waals surface area (Å²) < 4.78 is 5.75. The summed E-state index contributed by atoms with van der Waals surface area (Å²) in [5.41, 5.74) is 2.21. The second kappa shape index (κ2) is 13.5. The van der Waals surface area contributed by atoms with Crippen LogP contribution < -0.4 is 15.4 Å². The van der Waals surface area contributed by atoms with E-state index in [1.165, 1.54) is 32.1 Å². The maximum Gasteiger partial charge on any atom is 0.253 e. The van der Waals surface area contributed by atoms with Gasteiger partial charge in [-0.1, -0.05) is 39.0 Å². The molecular formula is C27H37N3O3. The van der Waals surface area contributed by atoms with E-state index in [2.05, 4.69) is 17.6 Å². The highest BCUT2D eigenvalue weighted by Gasteiger charge is 2.17. The van der Waals surface area contributed by atoms with Gasteiger partial charge in [0.2, 0.25) is 5.91 Å². The van der Waals surface area contributed by atoms with Gasteiger partial charge in [0.15, 0.2) is 0 Å². The lowest BCUT2D eigenvalue weighted by Gasteiger charge is -2.20. The van der Waals surface area contributed by atoms with Crippen molar-refractivity contribution in [3.05, 3.63) is 54.1 Å². The largest absolute Gasteiger partial charge is 0.494 e. The minimum absolute atomic E-state index is 0.0739. The second-order valence-corrected chi connectivity index (χ2v) is 8.62. The third-order valence-corrected chi connectivity index (χ3v) is 5.88. The number of benzene rings is 2. The summed E-state index contributed by atoms with van der Waals surface area (Å²) in [5, 5.41) is 6.00. The third kappa shape index (κ3) is 8.44. The highest BCUT2D eigenvalue weighted by atomic mass is 16.5. The molecule has 33 heavy (non-hydrogen) atoms. The molecule has 6 heteroatoms. The molecule has 1 aliphatic rings. The summed E-state index contributed by atoms with van der Waals surface area (Å²) in [5.74, 6) is 0.777. The van der Waals surface area contributed by atoms with Gasteiger partial charge in [0, 0.05) is 30.0 Å². The van der Waals surface area contributed by atoms with E-state index in [0.717, 1.165) is 50.4 Å². The average Bonchev–Trinajstić information content (AvgIpc) is 3.13. The van der Waals surface area contributed by atoms with Crippen molar-refractivity contribution in [2.45, 2.75) is 58.3 Å². The molecule has 1 saturated heterocycles. The molecule has 0 spiro atoms. The standard InChI is InChI=1S/C27H37N3O3/c1-2-3-4-9-20-33-25-16-14-23(15-17-25)28-21-26(31)29-24-12-10-22(11-13-24)27(32)30-18-7-5-6-8-19-30/h10-17,28H,2-9,18-21H2,1H3,(H,29,31). The predicted molar refractivity (Wildman–Crippen MR) is 134 cm³/mol. The Morgan fingerprint density at radius 3 is 2.18 bits per heavy atom. The van der Waals surface area contributed by atoms with Crippen LogP contribution in [0.25, 0.3) is 0 Å². The fourth-order valence-electron chi connectivity index (χ4n) is 3.93. The number of amides is 2. The average molecular weight is 452 g/mol. The fourth-order valence-corrected chi connectivity index (χ4v) is 3.93. The number of unbranched alkanes of at least 4 members (excludes halogenated alkanes) is 3. The maximum absolute atomic E-state index is 12.7. The van der Waals surface area contributed by atoms with E-state index in [4.69, 9.17) is 4.74 Å². The van der Waals surface area contributed by atoms with Crippen molar-refractivity contribution in [3.8, 4) is 5.75 Å². The molecular weight excluding hydrogens is 414 g/mol. The molecule has 0 aliphatic carbocycles. The van der Waals surface area contributed by atoms with Crippen LogP contribution in [0.5, 0.6) is 5.75 Å². The molecule has 0 saturated carbocycles. The number of rotatable bonds is 11. The van der Waals surface area contributed by atoms with Gasteiger partial charge >= 0.3 is 0 Å². The van der Waals surface area contributed by atoms with Gasteiger partial charge in [0.25, 0.3) is 5.91 Å². The summed E-state index contributed by atoms with van der Waals surface area (Å²) in [6.07, 6.45) is 9.26. The first-order chi connectivity index (χ1) is 16.2. The quantitative estimate of drug-likeness (QED) is 0.429. The molecule has 1 aliphatic heterocycles. The van der Waals surface area contributed by atoms with Crippen LogP contribution in [0.1, 0.15) is 68.6 Å². The Kier molecular flexibility index (Phi) is 10.1. The van der Waals surface area contributed by atoms with Crippen LogP contribution in [0.3, 0.4) is 0 Å². The van der Waals surface area contributed by atoms with Crippen LogP contribution in [-0.2, 0) is 4.79 Å². The van der Waals surface area contributed by atoms with Gasteiger partial charge in [-0.3, -0.25) is 9.59 Å². The fraction of sp³-hybridized carbons (Fsp3) is 0.481. The first kappa shape index (κ1) is 24.6. The second-order valence-electron chi connectivity index (χ2n) is 8.62. The Morgan fingerprint density at radius 1 is 0.848 bits per heavy atom. The summed E-state index contributed by atoms with van der Waals surface area (Å²) in [6, 6.07) is 14.8. The molecule has 0 bridgehead atoms. The normalized spacial score (nSPS) is 13.8. The van der Waals surface area contributed by atoms with Gasteiger partial charge in [-0.05, 0) is 67.8 Å². The molecule has 2 amide bonds. The SMILES string of the molecule is CCCCCCOc1ccc(NCC(=O)Nc2ccc(C(=O)N3CCCCCC3)cc2)cc1. The van der Waals surface area contributed by atoms with E-state index in [-0.39, 0.29) is 18.4 Å². The first-order valence-corrected chi connectivity index (χ1v) is 12.3. The van der Waals surface area contributed by atoms with Crippen molar-refractivity contribution < 1.29 is 14.3 Å². The van der Waals surface area contributed by atoms with E-state index in [9.17, 15) is 9.59 Å². The highest BCUT2D eigenvalue weighted by Crippen LogP contribution is 2.17. The van der Waals surface area contributed by atoms with E-state index in [1.54, 1.807) is 24.3 Å². The van der Waals surface area contributed by atoms with Crippen LogP contribution in [0.2, 0.25) is 0 Å². The van der Waals surface area contributed by atoms with Crippen LogP contribution in [0, 0.1) is 0 Å². The maximum atomic E-state index is 12.7. The Hall–Kier alpha value is -3.02. The number of carbonyl (C=O) groups is 2. The van der Waals surface area contributed by atoms with Gasteiger partial charge in [-0.15, -0.1) is 0 Å². The van der Waals surface area contributed by atoms with Crippen molar-refractivity contribution in [1.29, 1.82) is 0 Å². The summed E-state index contributed by atoms with van der Waals surface area (Å²) in [4.78, 5) is 26.9. The minimum atomic E-state index is -0.141. The van der Waals surface area contributed by atoms with Gasteiger partial charge < -0.3 is 20.3 Å². The Bertz CT molecular complexity index is 857. The Balaban J connectivity index is 1.40. The Morgan fingerprint density at radius 2 is 1.52 bits per heavy atom. The molecule has 2 aromatic carbocycles. The van der Waals surface area contributed by atoms with Gasteiger partial charge in [0.05, 0.1) is 13.2 Å². The van der Waals surface area contributed by atoms with Crippen molar-refractivity contribution in [1.82, 2.24) is 4.90 Å². The zero-order chi connectivity index (χ0) is 23.3. The monoisotopic (exact) mass is 451 g/mol. The summed E-state index contributed by atoms with van der Waals surface area (Å²) in [7, 11) is 0. The lowest BCUT2D eigenvalue weighted by molar-refractivity contribution is -0.114. The zero-order valence-electron chi connectivity index (χ0n) is 19.8. The number of carbonyl (C=O) groups excluding carboxylic acids is 2. The number of hydrogen-bond acceptors (Lipinski definition) is 4. The van der Waals surface area contributed by atoms with Crippen LogP contribution in [-0.4, -0.2) is 43.0 Å². The molecule has 0 radical (unpaired) electrons. The molecule has 1 fully saturated rings. The van der Waals surface area contributed by atoms with Crippen molar-refractivity contribution in [2.24, 2.45) is 0 Å². The topological polar surface area (TPSA) is 70.7 Å². The molecule has 2 aromatic rings. The first-order valence-electron chi connectivity index (χ1n) is 12.3. The molecule has 0 aromatic heterocycles. The van der Waals surface area contributed by atoms with Gasteiger partial charge in [-0.2, -0.15) is 0 Å². The van der Waals surface area contributed by atoms with Crippen LogP contribution >= 0.6 is 0 Å². The number of nitrogens with zero attached hydrogens (tertiary/aromatic N) is 1. The van der Waals surface area contributed by atoms with Crippen molar-refractivity contribution in [2.75, 3.05) is 36.9 Å². The van der Waals surface area contributed by atoms with Crippen LogP contribution in [0.4, 0.5) is 11.4 Å². The minimum Gasteiger partial charge on any atom is -0.494 e. The van der Waals surface area contributed by atoms with Crippen molar-refractivity contribution >= 4 is 23.2 Å². The molecule has 2 N–H and O–H groups in total. The molecule has 0 atom stereocenters. The summed E-state index contributed by atoms with van der Waals surface area (Å²) in [6.45, 7) is 4.75. The molecule has 3 rings (SSSR count). The highest BCUT2D eigenvalue weighted by molar-refractivity contribution is 5.96. The molecule has 1 heterocycles. The van der Waals surface area contributed by atoms with E-state index >= 15 is 0 Å². The van der Waals surface area contributed by atoms with E-state index in [0.29, 0.717) is 11.3 Å². The smallest absolute Gasteiger partial charge is 0.253 e. The Labute approximate surface area is 197 Å². The van der Waals surface area contributed by atoms with Crippen molar-refractivity contribution in [3.63, 3.8) is 0 Å².